The van der Waals surface area contributed by atoms with E-state index in [0.717, 1.165) is 43.7 Å². The molecule has 18 heavy (non-hydrogen) atoms. The summed E-state index contributed by atoms with van der Waals surface area (Å²) in [7, 11) is 3.63. The summed E-state index contributed by atoms with van der Waals surface area (Å²) in [6.07, 6.45) is 6.08. The Morgan fingerprint density at radius 3 is 2.67 bits per heavy atom. The van der Waals surface area contributed by atoms with E-state index in [1.807, 2.05) is 13.2 Å². The van der Waals surface area contributed by atoms with Crippen molar-refractivity contribution in [2.75, 3.05) is 39.2 Å². The first-order valence-corrected chi connectivity index (χ1v) is 6.51. The zero-order valence-electron chi connectivity index (χ0n) is 11.2. The number of nitrogens with one attached hydrogen (secondary N) is 1. The third kappa shape index (κ3) is 3.65. The largest absolute Gasteiger partial charge is 0.384 e. The van der Waals surface area contributed by atoms with Crippen molar-refractivity contribution >= 4 is 5.82 Å². The SMILES string of the molecule is CNc1cnc(CN2CCC(COC)CC2)cn1. The van der Waals surface area contributed by atoms with Crippen molar-refractivity contribution in [3.8, 4) is 0 Å². The molecule has 0 bridgehead atoms. The van der Waals surface area contributed by atoms with Gasteiger partial charge < -0.3 is 10.1 Å². The van der Waals surface area contributed by atoms with E-state index in [4.69, 9.17) is 4.74 Å². The molecule has 2 heterocycles. The lowest BCUT2D eigenvalue weighted by Crippen LogP contribution is -2.34. The van der Waals surface area contributed by atoms with Gasteiger partial charge in [-0.05, 0) is 31.8 Å². The van der Waals surface area contributed by atoms with E-state index in [0.29, 0.717) is 0 Å². The van der Waals surface area contributed by atoms with Crippen LogP contribution in [0.4, 0.5) is 5.82 Å². The van der Waals surface area contributed by atoms with E-state index >= 15 is 0 Å². The van der Waals surface area contributed by atoms with Crippen LogP contribution >= 0.6 is 0 Å². The Bertz CT molecular complexity index is 347. The molecule has 1 saturated heterocycles. The average Bonchev–Trinajstić information content (AvgIpc) is 2.42. The first-order chi connectivity index (χ1) is 8.81. The molecular weight excluding hydrogens is 228 g/mol. The summed E-state index contributed by atoms with van der Waals surface area (Å²) >= 11 is 0. The molecule has 0 unspecified atom stereocenters. The van der Waals surface area contributed by atoms with Crippen molar-refractivity contribution in [2.45, 2.75) is 19.4 Å². The van der Waals surface area contributed by atoms with E-state index in [-0.39, 0.29) is 0 Å². The number of ether oxygens (including phenoxy) is 1. The van der Waals surface area contributed by atoms with Crippen LogP contribution in [0.3, 0.4) is 0 Å². The number of hydrogen-bond donors (Lipinski definition) is 1. The van der Waals surface area contributed by atoms with Gasteiger partial charge in [-0.3, -0.25) is 9.88 Å². The zero-order valence-corrected chi connectivity index (χ0v) is 11.2. The van der Waals surface area contributed by atoms with Crippen LogP contribution in [0, 0.1) is 5.92 Å². The number of anilines is 1. The topological polar surface area (TPSA) is 50.3 Å². The Hall–Kier alpha value is -1.20. The third-order valence-corrected chi connectivity index (χ3v) is 3.46. The van der Waals surface area contributed by atoms with Crippen LogP contribution < -0.4 is 5.32 Å². The van der Waals surface area contributed by atoms with Crippen LogP contribution in [-0.2, 0) is 11.3 Å². The van der Waals surface area contributed by atoms with E-state index in [1.165, 1.54) is 12.8 Å². The van der Waals surface area contributed by atoms with Crippen molar-refractivity contribution in [2.24, 2.45) is 5.92 Å². The van der Waals surface area contributed by atoms with Crippen molar-refractivity contribution < 1.29 is 4.74 Å². The molecule has 0 atom stereocenters. The van der Waals surface area contributed by atoms with Gasteiger partial charge in [-0.1, -0.05) is 0 Å². The smallest absolute Gasteiger partial charge is 0.144 e. The third-order valence-electron chi connectivity index (χ3n) is 3.46. The van der Waals surface area contributed by atoms with Gasteiger partial charge in [0.25, 0.3) is 0 Å². The predicted molar refractivity (Wildman–Crippen MR) is 71.5 cm³/mol. The van der Waals surface area contributed by atoms with Crippen molar-refractivity contribution in [1.29, 1.82) is 0 Å². The second-order valence-corrected chi connectivity index (χ2v) is 4.82. The fourth-order valence-corrected chi connectivity index (χ4v) is 2.34. The number of likely N-dealkylation sites (tertiary alicyclic amines) is 1. The summed E-state index contributed by atoms with van der Waals surface area (Å²) in [5.74, 6) is 1.54. The molecule has 0 radical (unpaired) electrons. The quantitative estimate of drug-likeness (QED) is 0.855. The maximum atomic E-state index is 5.21. The van der Waals surface area contributed by atoms with Crippen LogP contribution in [0.2, 0.25) is 0 Å². The van der Waals surface area contributed by atoms with E-state index < -0.39 is 0 Å². The summed E-state index contributed by atoms with van der Waals surface area (Å²) < 4.78 is 5.21. The first-order valence-electron chi connectivity index (χ1n) is 6.51. The minimum atomic E-state index is 0.726. The Morgan fingerprint density at radius 1 is 1.33 bits per heavy atom. The molecule has 1 aromatic heterocycles. The number of piperidine rings is 1. The Kier molecular flexibility index (Phi) is 4.90. The number of hydrogen-bond acceptors (Lipinski definition) is 5. The van der Waals surface area contributed by atoms with Gasteiger partial charge in [-0.2, -0.15) is 0 Å². The summed E-state index contributed by atoms with van der Waals surface area (Å²) in [4.78, 5) is 11.1. The highest BCUT2D eigenvalue weighted by atomic mass is 16.5. The number of nitrogens with zero attached hydrogens (tertiary/aromatic N) is 3. The summed E-state index contributed by atoms with van der Waals surface area (Å²) in [5, 5.41) is 2.98. The fraction of sp³-hybridized carbons (Fsp3) is 0.692. The average molecular weight is 250 g/mol. The van der Waals surface area contributed by atoms with Gasteiger partial charge in [0.15, 0.2) is 0 Å². The molecular formula is C13H22N4O. The van der Waals surface area contributed by atoms with Gasteiger partial charge >= 0.3 is 0 Å². The van der Waals surface area contributed by atoms with Gasteiger partial charge in [0.2, 0.25) is 0 Å². The van der Waals surface area contributed by atoms with Gasteiger partial charge in [0, 0.05) is 27.3 Å². The molecule has 1 aromatic rings. The normalized spacial score (nSPS) is 17.9. The van der Waals surface area contributed by atoms with Crippen LogP contribution in [-0.4, -0.2) is 48.7 Å². The minimum Gasteiger partial charge on any atom is -0.384 e. The molecule has 100 valence electrons. The molecule has 0 amide bonds. The van der Waals surface area contributed by atoms with Crippen molar-refractivity contribution in [3.05, 3.63) is 18.1 Å². The lowest BCUT2D eigenvalue weighted by Gasteiger charge is -2.31. The molecule has 1 aliphatic rings. The Morgan fingerprint density at radius 2 is 2.11 bits per heavy atom. The highest BCUT2D eigenvalue weighted by Gasteiger charge is 2.19. The zero-order chi connectivity index (χ0) is 12.8. The summed E-state index contributed by atoms with van der Waals surface area (Å²) in [5.41, 5.74) is 1.04. The molecule has 0 aromatic carbocycles. The van der Waals surface area contributed by atoms with Crippen LogP contribution in [0.25, 0.3) is 0 Å². The molecule has 5 heteroatoms. The molecule has 0 aliphatic carbocycles. The molecule has 1 N–H and O–H groups in total. The Labute approximate surface area is 109 Å². The monoisotopic (exact) mass is 250 g/mol. The number of rotatable bonds is 5. The maximum Gasteiger partial charge on any atom is 0.144 e. The predicted octanol–water partition coefficient (Wildman–Crippen LogP) is 1.38. The second kappa shape index (κ2) is 6.66. The van der Waals surface area contributed by atoms with Crippen molar-refractivity contribution in [1.82, 2.24) is 14.9 Å². The van der Waals surface area contributed by atoms with Gasteiger partial charge in [0.1, 0.15) is 5.82 Å². The van der Waals surface area contributed by atoms with Crippen LogP contribution in [0.1, 0.15) is 18.5 Å². The molecule has 0 spiro atoms. The first kappa shape index (κ1) is 13.2. The standard InChI is InChI=1S/C13H22N4O/c1-14-13-8-15-12(7-16-13)9-17-5-3-11(4-6-17)10-18-2/h7-8,11H,3-6,9-10H2,1-2H3,(H,14,16). The maximum absolute atomic E-state index is 5.21. The number of aromatic nitrogens is 2. The van der Waals surface area contributed by atoms with Crippen LogP contribution in [0.15, 0.2) is 12.4 Å². The number of methoxy groups -OCH3 is 1. The summed E-state index contributed by atoms with van der Waals surface area (Å²) in [6, 6.07) is 0. The van der Waals surface area contributed by atoms with E-state index in [2.05, 4.69) is 20.2 Å². The summed E-state index contributed by atoms with van der Waals surface area (Å²) in [6.45, 7) is 4.05. The molecule has 5 nitrogen and oxygen atoms in total. The molecule has 1 fully saturated rings. The van der Waals surface area contributed by atoms with Crippen molar-refractivity contribution in [3.63, 3.8) is 0 Å². The molecule has 0 saturated carbocycles. The lowest BCUT2D eigenvalue weighted by atomic mass is 9.98. The minimum absolute atomic E-state index is 0.726. The molecule has 2 rings (SSSR count). The van der Waals surface area contributed by atoms with E-state index in [1.54, 1.807) is 13.3 Å². The van der Waals surface area contributed by atoms with Gasteiger partial charge in [0.05, 0.1) is 18.1 Å². The highest BCUT2D eigenvalue weighted by Crippen LogP contribution is 2.18. The highest BCUT2D eigenvalue weighted by molar-refractivity contribution is 5.29. The second-order valence-electron chi connectivity index (χ2n) is 4.82. The lowest BCUT2D eigenvalue weighted by molar-refractivity contribution is 0.0963. The van der Waals surface area contributed by atoms with E-state index in [9.17, 15) is 0 Å². The van der Waals surface area contributed by atoms with Gasteiger partial charge in [-0.15, -0.1) is 0 Å². The van der Waals surface area contributed by atoms with Gasteiger partial charge in [-0.25, -0.2) is 4.98 Å². The van der Waals surface area contributed by atoms with Crippen LogP contribution in [0.5, 0.6) is 0 Å². The Balaban J connectivity index is 1.80. The fourth-order valence-electron chi connectivity index (χ4n) is 2.34. The molecule has 1 aliphatic heterocycles.